The van der Waals surface area contributed by atoms with Crippen molar-refractivity contribution in [1.29, 1.82) is 0 Å². The van der Waals surface area contributed by atoms with Crippen molar-refractivity contribution in [2.24, 2.45) is 0 Å². The number of hydrogen-bond acceptors (Lipinski definition) is 3. The third-order valence-corrected chi connectivity index (χ3v) is 6.13. The van der Waals surface area contributed by atoms with Gasteiger partial charge in [-0.25, -0.2) is 0 Å². The lowest BCUT2D eigenvalue weighted by atomic mass is 10.1. The zero-order valence-corrected chi connectivity index (χ0v) is 16.6. The van der Waals surface area contributed by atoms with Crippen LogP contribution >= 0.6 is 43.6 Å². The second kappa shape index (κ2) is 8.80. The van der Waals surface area contributed by atoms with Gasteiger partial charge in [0.15, 0.2) is 0 Å². The van der Waals surface area contributed by atoms with Crippen molar-refractivity contribution in [2.75, 3.05) is 12.4 Å². The Morgan fingerprint density at radius 1 is 1.29 bits per heavy atom. The molecule has 0 aromatic heterocycles. The number of thioether (sulfide) groups is 1. The number of hydrogen-bond donors (Lipinski definition) is 1. The van der Waals surface area contributed by atoms with Crippen molar-refractivity contribution in [1.82, 2.24) is 5.32 Å². The number of benzene rings is 1. The van der Waals surface area contributed by atoms with Crippen LogP contribution < -0.4 is 10.1 Å². The van der Waals surface area contributed by atoms with Crippen LogP contribution in [0.1, 0.15) is 38.7 Å². The second-order valence-corrected chi connectivity index (χ2v) is 8.51. The Hall–Kier alpha value is 0.290. The van der Waals surface area contributed by atoms with E-state index in [4.69, 9.17) is 4.74 Å². The van der Waals surface area contributed by atoms with Crippen LogP contribution in [0.2, 0.25) is 0 Å². The molecule has 5 heteroatoms. The molecule has 118 valence electrons. The van der Waals surface area contributed by atoms with E-state index in [1.165, 1.54) is 30.6 Å². The lowest BCUT2D eigenvalue weighted by Gasteiger charge is -2.21. The van der Waals surface area contributed by atoms with E-state index in [1.807, 2.05) is 13.0 Å². The van der Waals surface area contributed by atoms with Gasteiger partial charge in [0.1, 0.15) is 5.75 Å². The average Bonchev–Trinajstić information content (AvgIpc) is 2.88. The maximum atomic E-state index is 5.80. The third-order valence-electron chi connectivity index (χ3n) is 3.76. The van der Waals surface area contributed by atoms with E-state index >= 15 is 0 Å². The number of rotatable bonds is 7. The zero-order chi connectivity index (χ0) is 15.2. The summed E-state index contributed by atoms with van der Waals surface area (Å²) in [5, 5.41) is 4.51. The van der Waals surface area contributed by atoms with Gasteiger partial charge in [0, 0.05) is 27.9 Å². The fourth-order valence-corrected chi connectivity index (χ4v) is 5.52. The highest BCUT2D eigenvalue weighted by molar-refractivity contribution is 9.11. The molecule has 1 aliphatic carbocycles. The van der Waals surface area contributed by atoms with Gasteiger partial charge in [-0.1, -0.05) is 29.3 Å². The number of ether oxygens (including phenoxy) is 1. The van der Waals surface area contributed by atoms with Crippen molar-refractivity contribution in [2.45, 2.75) is 50.9 Å². The van der Waals surface area contributed by atoms with Gasteiger partial charge in [-0.2, -0.15) is 11.8 Å². The van der Waals surface area contributed by atoms with Gasteiger partial charge in [0.2, 0.25) is 0 Å². The van der Waals surface area contributed by atoms with Gasteiger partial charge in [-0.15, -0.1) is 0 Å². The first-order chi connectivity index (χ1) is 10.2. The van der Waals surface area contributed by atoms with Crippen molar-refractivity contribution >= 4 is 43.6 Å². The molecule has 2 nitrogen and oxygen atoms in total. The predicted molar refractivity (Wildman–Crippen MR) is 99.4 cm³/mol. The molecule has 2 atom stereocenters. The molecule has 0 radical (unpaired) electrons. The van der Waals surface area contributed by atoms with E-state index in [0.717, 1.165) is 26.5 Å². The number of halogens is 2. The molecule has 1 aromatic carbocycles. The third kappa shape index (κ3) is 4.88. The van der Waals surface area contributed by atoms with Gasteiger partial charge in [0.25, 0.3) is 0 Å². The van der Waals surface area contributed by atoms with Crippen molar-refractivity contribution < 1.29 is 4.74 Å². The molecule has 2 unspecified atom stereocenters. The van der Waals surface area contributed by atoms with Gasteiger partial charge >= 0.3 is 0 Å². The minimum Gasteiger partial charge on any atom is -0.492 e. The number of nitrogens with one attached hydrogen (secondary N) is 1. The summed E-state index contributed by atoms with van der Waals surface area (Å²) in [4.78, 5) is 0. The van der Waals surface area contributed by atoms with Crippen LogP contribution in [0.5, 0.6) is 5.75 Å². The summed E-state index contributed by atoms with van der Waals surface area (Å²) in [5.41, 5.74) is 1.21. The SMILES string of the molecule is CCOc1c(Br)cc(Br)cc1CNC1CCCC1SCC. The normalized spacial score (nSPS) is 21.7. The maximum Gasteiger partial charge on any atom is 0.138 e. The Morgan fingerprint density at radius 2 is 2.10 bits per heavy atom. The van der Waals surface area contributed by atoms with Crippen molar-refractivity contribution in [3.63, 3.8) is 0 Å². The van der Waals surface area contributed by atoms with Crippen molar-refractivity contribution in [3.8, 4) is 5.75 Å². The van der Waals surface area contributed by atoms with Crippen LogP contribution in [0.15, 0.2) is 21.1 Å². The fourth-order valence-electron chi connectivity index (χ4n) is 2.87. The Balaban J connectivity index is 2.05. The summed E-state index contributed by atoms with van der Waals surface area (Å²) in [6, 6.07) is 4.82. The Kier molecular flexibility index (Phi) is 7.39. The Morgan fingerprint density at radius 3 is 2.81 bits per heavy atom. The Labute approximate surface area is 149 Å². The molecule has 2 rings (SSSR count). The molecule has 1 aliphatic rings. The second-order valence-electron chi connectivity index (χ2n) is 5.22. The molecule has 1 aromatic rings. The average molecular weight is 437 g/mol. The van der Waals surface area contributed by atoms with Crippen LogP contribution in [0.3, 0.4) is 0 Å². The van der Waals surface area contributed by atoms with Crippen LogP contribution in [-0.4, -0.2) is 23.7 Å². The maximum absolute atomic E-state index is 5.80. The molecule has 1 N–H and O–H groups in total. The summed E-state index contributed by atoms with van der Waals surface area (Å²) < 4.78 is 7.90. The predicted octanol–water partition coefficient (Wildman–Crippen LogP) is 5.37. The molecule has 0 spiro atoms. The molecular formula is C16H23Br2NOS. The van der Waals surface area contributed by atoms with Crippen LogP contribution in [0.25, 0.3) is 0 Å². The van der Waals surface area contributed by atoms with E-state index in [9.17, 15) is 0 Å². The lowest BCUT2D eigenvalue weighted by molar-refractivity contribution is 0.332. The summed E-state index contributed by atoms with van der Waals surface area (Å²) in [6.45, 7) is 5.82. The molecular weight excluding hydrogens is 414 g/mol. The standard InChI is InChI=1S/C16H23Br2NOS/c1-3-20-16-11(8-12(17)9-13(16)18)10-19-14-6-5-7-15(14)21-4-2/h8-9,14-15,19H,3-7,10H2,1-2H3. The largest absolute Gasteiger partial charge is 0.492 e. The molecule has 0 aliphatic heterocycles. The van der Waals surface area contributed by atoms with Gasteiger partial charge < -0.3 is 10.1 Å². The van der Waals surface area contributed by atoms with E-state index in [2.05, 4.69) is 61.9 Å². The quantitative estimate of drug-likeness (QED) is 0.620. The van der Waals surface area contributed by atoms with Gasteiger partial charge in [-0.3, -0.25) is 0 Å². The zero-order valence-electron chi connectivity index (χ0n) is 12.6. The molecule has 0 bridgehead atoms. The fraction of sp³-hybridized carbons (Fsp3) is 0.625. The summed E-state index contributed by atoms with van der Waals surface area (Å²) in [7, 11) is 0. The summed E-state index contributed by atoms with van der Waals surface area (Å²) in [6.07, 6.45) is 3.98. The first kappa shape index (κ1) is 17.6. The first-order valence-electron chi connectivity index (χ1n) is 7.61. The molecule has 21 heavy (non-hydrogen) atoms. The van der Waals surface area contributed by atoms with Crippen molar-refractivity contribution in [3.05, 3.63) is 26.6 Å². The van der Waals surface area contributed by atoms with E-state index < -0.39 is 0 Å². The highest BCUT2D eigenvalue weighted by atomic mass is 79.9. The molecule has 1 saturated carbocycles. The van der Waals surface area contributed by atoms with Crippen LogP contribution in [0.4, 0.5) is 0 Å². The van der Waals surface area contributed by atoms with Gasteiger partial charge in [-0.05, 0) is 53.6 Å². The molecule has 0 saturated heterocycles. The lowest BCUT2D eigenvalue weighted by Crippen LogP contribution is -2.33. The molecule has 0 heterocycles. The highest BCUT2D eigenvalue weighted by Crippen LogP contribution is 2.34. The van der Waals surface area contributed by atoms with Crippen LogP contribution in [0, 0.1) is 0 Å². The monoisotopic (exact) mass is 435 g/mol. The van der Waals surface area contributed by atoms with Crippen LogP contribution in [-0.2, 0) is 6.54 Å². The summed E-state index contributed by atoms with van der Waals surface area (Å²) >= 11 is 9.26. The van der Waals surface area contributed by atoms with E-state index in [0.29, 0.717) is 12.6 Å². The molecule has 0 amide bonds. The topological polar surface area (TPSA) is 21.3 Å². The minimum atomic E-state index is 0.627. The minimum absolute atomic E-state index is 0.627. The first-order valence-corrected chi connectivity index (χ1v) is 10.2. The smallest absolute Gasteiger partial charge is 0.138 e. The van der Waals surface area contributed by atoms with E-state index in [1.54, 1.807) is 0 Å². The Bertz CT molecular complexity index is 470. The van der Waals surface area contributed by atoms with Gasteiger partial charge in [0.05, 0.1) is 11.1 Å². The highest BCUT2D eigenvalue weighted by Gasteiger charge is 2.26. The summed E-state index contributed by atoms with van der Waals surface area (Å²) in [5.74, 6) is 2.17. The van der Waals surface area contributed by atoms with E-state index in [-0.39, 0.29) is 0 Å². The molecule has 1 fully saturated rings.